The van der Waals surface area contributed by atoms with Crippen molar-refractivity contribution in [2.45, 2.75) is 89.5 Å². The molecule has 0 spiro atoms. The van der Waals surface area contributed by atoms with E-state index < -0.39 is 0 Å². The lowest BCUT2D eigenvalue weighted by atomic mass is 9.84. The average Bonchev–Trinajstić information content (AvgIpc) is 2.55. The molecule has 1 unspecified atom stereocenters. The summed E-state index contributed by atoms with van der Waals surface area (Å²) in [5.41, 5.74) is 0. The van der Waals surface area contributed by atoms with Gasteiger partial charge < -0.3 is 10.1 Å². The van der Waals surface area contributed by atoms with Gasteiger partial charge in [0.1, 0.15) is 5.82 Å². The van der Waals surface area contributed by atoms with Gasteiger partial charge in [-0.2, -0.15) is 0 Å². The highest BCUT2D eigenvalue weighted by molar-refractivity contribution is 4.98. The molecule has 0 amide bonds. The van der Waals surface area contributed by atoms with Crippen molar-refractivity contribution in [3.63, 3.8) is 0 Å². The SMILES string of the molecule is C[C@@H]1CC(N[C@H](CC2CCCCC2)c2ncccn2)C[C@H](C)O1. The molecule has 2 aliphatic rings. The third-order valence-corrected chi connectivity index (χ3v) is 5.33. The van der Waals surface area contributed by atoms with Crippen molar-refractivity contribution in [2.75, 3.05) is 0 Å². The second-order valence-corrected chi connectivity index (χ2v) is 7.49. The van der Waals surface area contributed by atoms with E-state index in [1.807, 2.05) is 18.5 Å². The molecule has 1 aromatic rings. The second kappa shape index (κ2) is 8.20. The lowest BCUT2D eigenvalue weighted by Crippen LogP contribution is -2.43. The summed E-state index contributed by atoms with van der Waals surface area (Å²) in [4.78, 5) is 9.09. The highest BCUT2D eigenvalue weighted by Crippen LogP contribution is 2.32. The lowest BCUT2D eigenvalue weighted by Gasteiger charge is -2.36. The maximum absolute atomic E-state index is 5.88. The van der Waals surface area contributed by atoms with Crippen LogP contribution in [0.3, 0.4) is 0 Å². The molecule has 2 fully saturated rings. The summed E-state index contributed by atoms with van der Waals surface area (Å²) in [5, 5.41) is 3.88. The van der Waals surface area contributed by atoms with Gasteiger partial charge in [-0.15, -0.1) is 0 Å². The van der Waals surface area contributed by atoms with Gasteiger partial charge in [0.25, 0.3) is 0 Å². The molecule has 1 aliphatic heterocycles. The van der Waals surface area contributed by atoms with E-state index in [-0.39, 0.29) is 6.04 Å². The third kappa shape index (κ3) is 4.98. The van der Waals surface area contributed by atoms with Crippen LogP contribution in [0.25, 0.3) is 0 Å². The molecule has 1 aliphatic carbocycles. The number of hydrogen-bond donors (Lipinski definition) is 1. The molecule has 128 valence electrons. The molecule has 1 saturated heterocycles. The van der Waals surface area contributed by atoms with E-state index in [0.29, 0.717) is 18.2 Å². The van der Waals surface area contributed by atoms with Crippen LogP contribution in [0.15, 0.2) is 18.5 Å². The molecule has 23 heavy (non-hydrogen) atoms. The molecule has 3 rings (SSSR count). The molecule has 1 aromatic heterocycles. The van der Waals surface area contributed by atoms with E-state index in [1.54, 1.807) is 0 Å². The second-order valence-electron chi connectivity index (χ2n) is 7.49. The summed E-state index contributed by atoms with van der Waals surface area (Å²) in [7, 11) is 0. The van der Waals surface area contributed by atoms with Crippen molar-refractivity contribution >= 4 is 0 Å². The van der Waals surface area contributed by atoms with Crippen molar-refractivity contribution in [3.8, 4) is 0 Å². The molecule has 0 aromatic carbocycles. The molecule has 2 heterocycles. The Bertz CT molecular complexity index is 451. The predicted octanol–water partition coefficient (Wildman–Crippen LogP) is 4.03. The first-order valence-corrected chi connectivity index (χ1v) is 9.39. The van der Waals surface area contributed by atoms with Crippen LogP contribution in [0.1, 0.15) is 77.1 Å². The number of ether oxygens (including phenoxy) is 1. The van der Waals surface area contributed by atoms with E-state index >= 15 is 0 Å². The van der Waals surface area contributed by atoms with Crippen molar-refractivity contribution < 1.29 is 4.74 Å². The highest BCUT2D eigenvalue weighted by Gasteiger charge is 2.29. The predicted molar refractivity (Wildman–Crippen MR) is 92.1 cm³/mol. The molecule has 1 N–H and O–H groups in total. The fourth-order valence-corrected chi connectivity index (χ4v) is 4.32. The standard InChI is InChI=1S/C19H31N3O/c1-14-11-17(12-15(2)23-14)22-18(19-20-9-6-10-21-19)13-16-7-4-3-5-8-16/h6,9-10,14-18,22H,3-5,7-8,11-13H2,1-2H3/t14-,15+,17?,18-/m1/s1. The zero-order valence-corrected chi connectivity index (χ0v) is 14.6. The van der Waals surface area contributed by atoms with Crippen LogP contribution in [0.4, 0.5) is 0 Å². The van der Waals surface area contributed by atoms with Crippen molar-refractivity contribution in [1.29, 1.82) is 0 Å². The quantitative estimate of drug-likeness (QED) is 0.890. The summed E-state index contributed by atoms with van der Waals surface area (Å²) >= 11 is 0. The highest BCUT2D eigenvalue weighted by atomic mass is 16.5. The Morgan fingerprint density at radius 2 is 1.74 bits per heavy atom. The molecular formula is C19H31N3O. The Morgan fingerprint density at radius 3 is 2.39 bits per heavy atom. The van der Waals surface area contributed by atoms with Gasteiger partial charge in [-0.3, -0.25) is 0 Å². The minimum atomic E-state index is 0.279. The van der Waals surface area contributed by atoms with Crippen LogP contribution in [0.5, 0.6) is 0 Å². The average molecular weight is 317 g/mol. The van der Waals surface area contributed by atoms with E-state index in [0.717, 1.165) is 24.6 Å². The third-order valence-electron chi connectivity index (χ3n) is 5.33. The van der Waals surface area contributed by atoms with Crippen molar-refractivity contribution in [2.24, 2.45) is 5.92 Å². The van der Waals surface area contributed by atoms with E-state index in [1.165, 1.54) is 38.5 Å². The Kier molecular flexibility index (Phi) is 6.01. The first-order chi connectivity index (χ1) is 11.2. The van der Waals surface area contributed by atoms with Crippen LogP contribution in [0, 0.1) is 5.92 Å². The molecule has 0 radical (unpaired) electrons. The lowest BCUT2D eigenvalue weighted by molar-refractivity contribution is -0.0442. The Labute approximate surface area is 140 Å². The van der Waals surface area contributed by atoms with E-state index in [4.69, 9.17) is 4.74 Å². The van der Waals surface area contributed by atoms with Crippen LogP contribution in [0.2, 0.25) is 0 Å². The topological polar surface area (TPSA) is 47.0 Å². The summed E-state index contributed by atoms with van der Waals surface area (Å²) in [6, 6.07) is 2.69. The van der Waals surface area contributed by atoms with Gasteiger partial charge in [-0.1, -0.05) is 32.1 Å². The fourth-order valence-electron chi connectivity index (χ4n) is 4.32. The zero-order valence-electron chi connectivity index (χ0n) is 14.6. The Balaban J connectivity index is 1.67. The molecule has 4 nitrogen and oxygen atoms in total. The summed E-state index contributed by atoms with van der Waals surface area (Å²) < 4.78 is 5.88. The minimum absolute atomic E-state index is 0.279. The van der Waals surface area contributed by atoms with E-state index in [9.17, 15) is 0 Å². The number of hydrogen-bond acceptors (Lipinski definition) is 4. The van der Waals surface area contributed by atoms with Gasteiger partial charge in [0.2, 0.25) is 0 Å². The first-order valence-electron chi connectivity index (χ1n) is 9.39. The van der Waals surface area contributed by atoms with Crippen molar-refractivity contribution in [3.05, 3.63) is 24.3 Å². The largest absolute Gasteiger partial charge is 0.375 e. The monoisotopic (exact) mass is 317 g/mol. The van der Waals surface area contributed by atoms with Gasteiger partial charge in [-0.25, -0.2) is 9.97 Å². The van der Waals surface area contributed by atoms with Gasteiger partial charge in [0, 0.05) is 18.4 Å². The molecule has 4 atom stereocenters. The van der Waals surface area contributed by atoms with Gasteiger partial charge in [-0.05, 0) is 45.1 Å². The van der Waals surface area contributed by atoms with Gasteiger partial charge >= 0.3 is 0 Å². The molecular weight excluding hydrogens is 286 g/mol. The summed E-state index contributed by atoms with van der Waals surface area (Å²) in [6.07, 6.45) is 14.7. The maximum Gasteiger partial charge on any atom is 0.145 e. The fraction of sp³-hybridized carbons (Fsp3) is 0.789. The van der Waals surface area contributed by atoms with Crippen LogP contribution in [-0.2, 0) is 4.74 Å². The van der Waals surface area contributed by atoms with Crippen LogP contribution < -0.4 is 5.32 Å². The smallest absolute Gasteiger partial charge is 0.145 e. The number of rotatable bonds is 5. The minimum Gasteiger partial charge on any atom is -0.375 e. The Morgan fingerprint density at radius 1 is 1.09 bits per heavy atom. The van der Waals surface area contributed by atoms with E-state index in [2.05, 4.69) is 29.1 Å². The van der Waals surface area contributed by atoms with Crippen molar-refractivity contribution in [1.82, 2.24) is 15.3 Å². The number of nitrogens with one attached hydrogen (secondary N) is 1. The zero-order chi connectivity index (χ0) is 16.1. The summed E-state index contributed by atoms with van der Waals surface area (Å²) in [5.74, 6) is 1.78. The first kappa shape index (κ1) is 16.8. The van der Waals surface area contributed by atoms with Gasteiger partial charge in [0.15, 0.2) is 0 Å². The number of aromatic nitrogens is 2. The normalized spacial score (nSPS) is 31.0. The molecule has 4 heteroatoms. The maximum atomic E-state index is 5.88. The Hall–Kier alpha value is -1.00. The molecule has 1 saturated carbocycles. The molecule has 0 bridgehead atoms. The van der Waals surface area contributed by atoms with Gasteiger partial charge in [0.05, 0.1) is 18.2 Å². The summed E-state index contributed by atoms with van der Waals surface area (Å²) in [6.45, 7) is 4.36. The van der Waals surface area contributed by atoms with Crippen LogP contribution >= 0.6 is 0 Å². The number of nitrogens with zero attached hydrogens (tertiary/aromatic N) is 2. The van der Waals surface area contributed by atoms with Crippen LogP contribution in [-0.4, -0.2) is 28.2 Å².